The molecule has 9 atom stereocenters. The van der Waals surface area contributed by atoms with Gasteiger partial charge in [-0.2, -0.15) is 0 Å². The van der Waals surface area contributed by atoms with Crippen LogP contribution in [-0.2, 0) is 16.1 Å². The fourth-order valence-corrected chi connectivity index (χ4v) is 8.98. The Morgan fingerprint density at radius 2 is 1.93 bits per heavy atom. The highest BCUT2D eigenvalue weighted by Gasteiger charge is 2.63. The summed E-state index contributed by atoms with van der Waals surface area (Å²) in [5.41, 5.74) is 0.219. The molecular weight excluding hydrogens is 368 g/mol. The third kappa shape index (κ3) is 3.09. The maximum absolute atomic E-state index is 13.6. The van der Waals surface area contributed by atoms with Crippen LogP contribution in [0.25, 0.3) is 0 Å². The van der Waals surface area contributed by atoms with Crippen molar-refractivity contribution in [1.29, 1.82) is 0 Å². The third-order valence-electron chi connectivity index (χ3n) is 9.83. The lowest BCUT2D eigenvalue weighted by Gasteiger charge is -2.60. The highest BCUT2D eigenvalue weighted by molar-refractivity contribution is 7.66. The van der Waals surface area contributed by atoms with Crippen LogP contribution in [0.5, 0.6) is 0 Å². The van der Waals surface area contributed by atoms with Crippen molar-refractivity contribution in [2.45, 2.75) is 91.6 Å². The van der Waals surface area contributed by atoms with Crippen molar-refractivity contribution < 1.29 is 14.1 Å². The van der Waals surface area contributed by atoms with Gasteiger partial charge in [0, 0.05) is 17.2 Å². The molecule has 4 aliphatic rings. The quantitative estimate of drug-likeness (QED) is 0.696. The smallest absolute Gasteiger partial charge is 0.137 e. The zero-order valence-electron chi connectivity index (χ0n) is 18.1. The van der Waals surface area contributed by atoms with Crippen molar-refractivity contribution in [3.63, 3.8) is 0 Å². The highest BCUT2D eigenvalue weighted by atomic mass is 32.1. The Bertz CT molecular complexity index is 698. The average Bonchev–Trinajstić information content (AvgIpc) is 2.98. The molecule has 0 bridgehead atoms. The van der Waals surface area contributed by atoms with Gasteiger partial charge in [0.1, 0.15) is 5.78 Å². The van der Waals surface area contributed by atoms with Gasteiger partial charge >= 0.3 is 0 Å². The number of carbonyl (C=O) groups excluding carboxylic acids is 1. The Balaban J connectivity index is 1.61. The van der Waals surface area contributed by atoms with Crippen molar-refractivity contribution in [3.05, 3.63) is 0 Å². The monoisotopic (exact) mass is 406 g/mol. The summed E-state index contributed by atoms with van der Waals surface area (Å²) in [7, 11) is 0. The van der Waals surface area contributed by atoms with Gasteiger partial charge in [-0.15, -0.1) is 0 Å². The van der Waals surface area contributed by atoms with Crippen LogP contribution in [0, 0.1) is 46.3 Å². The Labute approximate surface area is 174 Å². The molecular formula is C24H38O3S. The predicted molar refractivity (Wildman–Crippen MR) is 114 cm³/mol. The normalized spacial score (nSPS) is 49.0. The second-order valence-corrected chi connectivity index (χ2v) is 12.1. The minimum Gasteiger partial charge on any atom is -0.393 e. The summed E-state index contributed by atoms with van der Waals surface area (Å²) in [5, 5.41) is 10.2. The molecule has 4 saturated carbocycles. The Kier molecular flexibility index (Phi) is 5.44. The van der Waals surface area contributed by atoms with E-state index in [2.05, 4.69) is 20.8 Å². The molecule has 1 unspecified atom stereocenters. The van der Waals surface area contributed by atoms with Gasteiger partial charge in [0.2, 0.25) is 0 Å². The molecule has 4 heteroatoms. The molecule has 4 rings (SSSR count). The molecule has 3 nitrogen and oxygen atoms in total. The molecule has 0 aromatic carbocycles. The molecule has 158 valence electrons. The molecule has 0 radical (unpaired) electrons. The van der Waals surface area contributed by atoms with Gasteiger partial charge in [0.15, 0.2) is 0 Å². The van der Waals surface area contributed by atoms with Gasteiger partial charge in [-0.25, -0.2) is 4.21 Å². The zero-order chi connectivity index (χ0) is 20.3. The summed E-state index contributed by atoms with van der Waals surface area (Å²) in [6.45, 7) is 9.04. The molecule has 0 spiro atoms. The van der Waals surface area contributed by atoms with Crippen LogP contribution in [0.1, 0.15) is 85.5 Å². The van der Waals surface area contributed by atoms with Crippen molar-refractivity contribution in [2.75, 3.05) is 0 Å². The second kappa shape index (κ2) is 7.34. The number of aliphatic hydroxyl groups is 1. The van der Waals surface area contributed by atoms with E-state index in [1.807, 2.05) is 6.92 Å². The van der Waals surface area contributed by atoms with Crippen LogP contribution < -0.4 is 0 Å². The summed E-state index contributed by atoms with van der Waals surface area (Å²) < 4.78 is 11.2. The van der Waals surface area contributed by atoms with E-state index in [-0.39, 0.29) is 22.9 Å². The molecule has 0 saturated heterocycles. The average molecular weight is 407 g/mol. The number of Topliss-reactive ketones (excluding diaryl/α,β-unsaturated/α-hetero) is 1. The van der Waals surface area contributed by atoms with Gasteiger partial charge < -0.3 is 5.11 Å². The van der Waals surface area contributed by atoms with E-state index in [9.17, 15) is 14.1 Å². The molecule has 4 aliphatic carbocycles. The molecule has 0 heterocycles. The van der Waals surface area contributed by atoms with Crippen molar-refractivity contribution in [1.82, 2.24) is 0 Å². The lowest BCUT2D eigenvalue weighted by molar-refractivity contribution is -0.162. The van der Waals surface area contributed by atoms with Crippen LogP contribution in [0.2, 0.25) is 0 Å². The van der Waals surface area contributed by atoms with Crippen LogP contribution in [0.15, 0.2) is 0 Å². The van der Waals surface area contributed by atoms with Crippen LogP contribution in [0.3, 0.4) is 0 Å². The van der Waals surface area contributed by atoms with Crippen LogP contribution in [-0.4, -0.2) is 26.1 Å². The maximum atomic E-state index is 13.6. The molecule has 0 aromatic heterocycles. The van der Waals surface area contributed by atoms with E-state index in [0.717, 1.165) is 37.0 Å². The summed E-state index contributed by atoms with van der Waals surface area (Å²) in [5.74, 6) is 3.50. The van der Waals surface area contributed by atoms with E-state index in [1.54, 1.807) is 0 Å². The number of rotatable bonds is 3. The van der Waals surface area contributed by atoms with E-state index < -0.39 is 0 Å². The lowest BCUT2D eigenvalue weighted by atomic mass is 9.44. The second-order valence-electron chi connectivity index (χ2n) is 11.3. The Hall–Kier alpha value is -0.480. The van der Waals surface area contributed by atoms with Crippen LogP contribution >= 0.6 is 0 Å². The van der Waals surface area contributed by atoms with Crippen molar-refractivity contribution in [3.8, 4) is 0 Å². The summed E-state index contributed by atoms with van der Waals surface area (Å²) in [6, 6.07) is 0. The first kappa shape index (κ1) is 20.8. The minimum atomic E-state index is -0.159. The van der Waals surface area contributed by atoms with E-state index in [0.29, 0.717) is 46.6 Å². The lowest BCUT2D eigenvalue weighted by Crippen LogP contribution is -2.58. The first-order valence-corrected chi connectivity index (χ1v) is 12.3. The first-order valence-electron chi connectivity index (χ1n) is 11.5. The van der Waals surface area contributed by atoms with E-state index >= 15 is 0 Å². The van der Waals surface area contributed by atoms with Crippen molar-refractivity contribution >= 4 is 21.9 Å². The van der Waals surface area contributed by atoms with E-state index in [1.165, 1.54) is 25.7 Å². The van der Waals surface area contributed by atoms with Gasteiger partial charge in [-0.05, 0) is 98.7 Å². The molecule has 0 aliphatic heterocycles. The number of ketones is 1. The molecule has 4 fully saturated rings. The molecule has 28 heavy (non-hydrogen) atoms. The van der Waals surface area contributed by atoms with Gasteiger partial charge in [-0.3, -0.25) is 4.79 Å². The molecule has 1 N–H and O–H groups in total. The van der Waals surface area contributed by atoms with Gasteiger partial charge in [0.25, 0.3) is 0 Å². The predicted octanol–water partition coefficient (Wildman–Crippen LogP) is 4.62. The Morgan fingerprint density at radius 3 is 2.64 bits per heavy atom. The topological polar surface area (TPSA) is 54.4 Å². The standard InChI is InChI=1S/C24H38O3S/c1-14(11-15(2)28-27)19-7-8-20-18-6-5-16-12-17(25)9-10-23(16,3)22(18)21(26)13-24(19,20)4/h14,16-20,22,25H,5-13H2,1-4H3/t14-,16-,17?,18+,19-,20+,22-,23+,24-/m1/s1. The summed E-state index contributed by atoms with van der Waals surface area (Å²) >= 11 is 0.650. The highest BCUT2D eigenvalue weighted by Crippen LogP contribution is 2.67. The number of hydrogen-bond donors (Lipinski definition) is 1. The number of aliphatic hydroxyl groups excluding tert-OH is 1. The maximum Gasteiger partial charge on any atom is 0.137 e. The van der Waals surface area contributed by atoms with E-state index in [4.69, 9.17) is 0 Å². The summed E-state index contributed by atoms with van der Waals surface area (Å²) in [4.78, 5) is 14.6. The third-order valence-corrected chi connectivity index (χ3v) is 10.3. The number of carbonyl (C=O) groups is 1. The molecule has 0 amide bonds. The first-order chi connectivity index (χ1) is 13.2. The fraction of sp³-hybridized carbons (Fsp3) is 0.917. The molecule has 0 aromatic rings. The number of hydrogen-bond acceptors (Lipinski definition) is 3. The zero-order valence-corrected chi connectivity index (χ0v) is 18.9. The number of fused-ring (bicyclic) bond motifs is 5. The largest absolute Gasteiger partial charge is 0.393 e. The Morgan fingerprint density at radius 1 is 1.18 bits per heavy atom. The van der Waals surface area contributed by atoms with Crippen LogP contribution in [0.4, 0.5) is 0 Å². The minimum absolute atomic E-state index is 0.105. The summed E-state index contributed by atoms with van der Waals surface area (Å²) in [6.07, 6.45) is 9.09. The SMILES string of the molecule is CC(C[C@@H](C)[C@H]1CC[C@H]2[C@@H]3CC[C@@H]4CC(O)CC[C@]4(C)[C@H]3C(=O)C[C@]12C)=S=O. The van der Waals surface area contributed by atoms with Gasteiger partial charge in [-0.1, -0.05) is 20.8 Å². The van der Waals surface area contributed by atoms with Crippen molar-refractivity contribution in [2.24, 2.45) is 46.3 Å². The van der Waals surface area contributed by atoms with Gasteiger partial charge in [0.05, 0.1) is 17.4 Å². The fourth-order valence-electron chi connectivity index (χ4n) is 8.65.